The maximum Gasteiger partial charge on any atom is 0.239 e. The lowest BCUT2D eigenvalue weighted by Gasteiger charge is -2.16. The molecule has 2 aromatic rings. The normalized spacial score (nSPS) is 16.6. The van der Waals surface area contributed by atoms with E-state index in [1.54, 1.807) is 37.3 Å². The molecule has 1 atom stereocenters. The second-order valence-electron chi connectivity index (χ2n) is 7.19. The summed E-state index contributed by atoms with van der Waals surface area (Å²) >= 11 is 6.18. The van der Waals surface area contributed by atoms with Gasteiger partial charge in [0.1, 0.15) is 0 Å². The zero-order valence-corrected chi connectivity index (χ0v) is 18.1. The lowest BCUT2D eigenvalue weighted by molar-refractivity contribution is -0.119. The van der Waals surface area contributed by atoms with Crippen LogP contribution >= 0.6 is 11.6 Å². The number of carbonyl (C=O) groups is 1. The van der Waals surface area contributed by atoms with Crippen molar-refractivity contribution in [2.75, 3.05) is 25.0 Å². The smallest absolute Gasteiger partial charge is 0.239 e. The molecule has 1 amide bonds. The van der Waals surface area contributed by atoms with Crippen molar-refractivity contribution in [2.24, 2.45) is 0 Å². The molecule has 6 nitrogen and oxygen atoms in total. The highest BCUT2D eigenvalue weighted by molar-refractivity contribution is 7.91. The molecule has 2 N–H and O–H groups in total. The first kappa shape index (κ1) is 21.6. The lowest BCUT2D eigenvalue weighted by atomic mass is 10.2. The number of sulfone groups is 1. The van der Waals surface area contributed by atoms with Crippen LogP contribution < -0.4 is 10.6 Å². The van der Waals surface area contributed by atoms with Gasteiger partial charge in [0, 0.05) is 23.9 Å². The number of hydrogen-bond acceptors (Lipinski definition) is 5. The Kier molecular flexibility index (Phi) is 6.82. The van der Waals surface area contributed by atoms with Gasteiger partial charge in [-0.1, -0.05) is 29.3 Å². The first-order chi connectivity index (χ1) is 13.8. The van der Waals surface area contributed by atoms with Gasteiger partial charge in [-0.25, -0.2) is 8.42 Å². The lowest BCUT2D eigenvalue weighted by Crippen LogP contribution is -2.35. The van der Waals surface area contributed by atoms with Gasteiger partial charge in [-0.15, -0.1) is 0 Å². The average molecular weight is 437 g/mol. The summed E-state index contributed by atoms with van der Waals surface area (Å²) in [7, 11) is -3.73. The molecule has 1 heterocycles. The van der Waals surface area contributed by atoms with Gasteiger partial charge in [-0.2, -0.15) is 0 Å². The Hall–Kier alpha value is -2.09. The second kappa shape index (κ2) is 9.15. The molecule has 1 aliphatic rings. The fraction of sp³-hybridized carbons (Fsp3) is 0.381. The third-order valence-corrected chi connectivity index (χ3v) is 7.05. The maximum atomic E-state index is 13.1. The number of benzene rings is 2. The summed E-state index contributed by atoms with van der Waals surface area (Å²) in [6.07, 6.45) is 2.03. The van der Waals surface area contributed by atoms with E-state index in [9.17, 15) is 13.2 Å². The minimum absolute atomic E-state index is 0.0118. The van der Waals surface area contributed by atoms with E-state index in [0.29, 0.717) is 17.8 Å². The predicted octanol–water partition coefficient (Wildman–Crippen LogP) is 3.50. The van der Waals surface area contributed by atoms with Gasteiger partial charge >= 0.3 is 0 Å². The van der Waals surface area contributed by atoms with Gasteiger partial charge in [0.2, 0.25) is 15.7 Å². The minimum Gasteiger partial charge on any atom is -0.376 e. The van der Waals surface area contributed by atoms with Gasteiger partial charge in [0.25, 0.3) is 0 Å². The fourth-order valence-corrected chi connectivity index (χ4v) is 5.06. The number of amides is 1. The zero-order chi connectivity index (χ0) is 21.0. The Morgan fingerprint density at radius 2 is 1.93 bits per heavy atom. The molecule has 1 unspecified atom stereocenters. The van der Waals surface area contributed by atoms with Crippen molar-refractivity contribution in [2.45, 2.75) is 42.6 Å². The monoisotopic (exact) mass is 436 g/mol. The molecular formula is C21H25ClN2O4S. The van der Waals surface area contributed by atoms with Crippen LogP contribution in [-0.2, 0) is 19.4 Å². The number of aryl methyl sites for hydroxylation is 1. The molecule has 1 fully saturated rings. The van der Waals surface area contributed by atoms with E-state index in [1.807, 2.05) is 6.92 Å². The van der Waals surface area contributed by atoms with Crippen LogP contribution in [0.25, 0.3) is 0 Å². The molecule has 156 valence electrons. The summed E-state index contributed by atoms with van der Waals surface area (Å²) in [6.45, 7) is 4.82. The van der Waals surface area contributed by atoms with Gasteiger partial charge < -0.3 is 15.4 Å². The second-order valence-corrected chi connectivity index (χ2v) is 9.54. The van der Waals surface area contributed by atoms with E-state index < -0.39 is 9.84 Å². The Labute approximate surface area is 176 Å². The van der Waals surface area contributed by atoms with Gasteiger partial charge in [-0.05, 0) is 56.5 Å². The Morgan fingerprint density at radius 1 is 1.21 bits per heavy atom. The van der Waals surface area contributed by atoms with Crippen LogP contribution in [0.1, 0.15) is 24.0 Å². The molecule has 8 heteroatoms. The molecule has 0 bridgehead atoms. The minimum atomic E-state index is -3.73. The standard InChI is InChI=1S/C21H25ClN2O4S/c1-14-5-7-18(8-6-14)29(26,27)20-11-16(22)10-19(15(20)2)23-13-21(25)24-12-17-4-3-9-28-17/h5-8,10-11,17,23H,3-4,9,12-13H2,1-2H3,(H,24,25). The van der Waals surface area contributed by atoms with Gasteiger partial charge in [0.05, 0.1) is 22.4 Å². The van der Waals surface area contributed by atoms with Crippen LogP contribution in [0, 0.1) is 13.8 Å². The molecule has 0 radical (unpaired) electrons. The Balaban J connectivity index is 1.74. The van der Waals surface area contributed by atoms with Gasteiger partial charge in [0.15, 0.2) is 0 Å². The first-order valence-corrected chi connectivity index (χ1v) is 11.4. The van der Waals surface area contributed by atoms with Crippen LogP contribution in [0.5, 0.6) is 0 Å². The highest BCUT2D eigenvalue weighted by Crippen LogP contribution is 2.32. The van der Waals surface area contributed by atoms with Crippen molar-refractivity contribution >= 4 is 33.0 Å². The number of rotatable bonds is 7. The van der Waals surface area contributed by atoms with Crippen LogP contribution in [-0.4, -0.2) is 40.1 Å². The number of hydrogen-bond donors (Lipinski definition) is 2. The number of ether oxygens (including phenoxy) is 1. The summed E-state index contributed by atoms with van der Waals surface area (Å²) in [6, 6.07) is 9.73. The fourth-order valence-electron chi connectivity index (χ4n) is 3.23. The zero-order valence-electron chi connectivity index (χ0n) is 16.5. The van der Waals surface area contributed by atoms with E-state index in [-0.39, 0.29) is 33.4 Å². The van der Waals surface area contributed by atoms with Crippen molar-refractivity contribution < 1.29 is 17.9 Å². The molecule has 2 aromatic carbocycles. The molecule has 0 spiro atoms. The Bertz CT molecular complexity index is 984. The SMILES string of the molecule is Cc1ccc(S(=O)(=O)c2cc(Cl)cc(NCC(=O)NCC3CCCO3)c2C)cc1. The summed E-state index contributed by atoms with van der Waals surface area (Å²) in [4.78, 5) is 12.4. The van der Waals surface area contributed by atoms with Crippen molar-refractivity contribution in [3.05, 3.63) is 52.5 Å². The molecule has 3 rings (SSSR count). The van der Waals surface area contributed by atoms with Crippen molar-refractivity contribution in [1.82, 2.24) is 5.32 Å². The third kappa shape index (κ3) is 5.29. The van der Waals surface area contributed by atoms with E-state index in [4.69, 9.17) is 16.3 Å². The first-order valence-electron chi connectivity index (χ1n) is 9.51. The van der Waals surface area contributed by atoms with Gasteiger partial charge in [-0.3, -0.25) is 4.79 Å². The highest BCUT2D eigenvalue weighted by atomic mass is 35.5. The van der Waals surface area contributed by atoms with E-state index >= 15 is 0 Å². The topological polar surface area (TPSA) is 84.5 Å². The number of anilines is 1. The number of nitrogens with one attached hydrogen (secondary N) is 2. The molecular weight excluding hydrogens is 412 g/mol. The molecule has 0 saturated carbocycles. The number of halogens is 1. The molecule has 1 aliphatic heterocycles. The molecule has 29 heavy (non-hydrogen) atoms. The van der Waals surface area contributed by atoms with E-state index in [1.165, 1.54) is 6.07 Å². The van der Waals surface area contributed by atoms with E-state index in [2.05, 4.69) is 10.6 Å². The van der Waals surface area contributed by atoms with E-state index in [0.717, 1.165) is 25.0 Å². The van der Waals surface area contributed by atoms with Crippen molar-refractivity contribution in [3.63, 3.8) is 0 Å². The van der Waals surface area contributed by atoms with Crippen molar-refractivity contribution in [3.8, 4) is 0 Å². The van der Waals surface area contributed by atoms with Crippen LogP contribution in [0.3, 0.4) is 0 Å². The van der Waals surface area contributed by atoms with Crippen LogP contribution in [0.4, 0.5) is 5.69 Å². The summed E-state index contributed by atoms with van der Waals surface area (Å²) in [5.74, 6) is -0.192. The van der Waals surface area contributed by atoms with Crippen LogP contribution in [0.2, 0.25) is 5.02 Å². The highest BCUT2D eigenvalue weighted by Gasteiger charge is 2.23. The van der Waals surface area contributed by atoms with Crippen molar-refractivity contribution in [1.29, 1.82) is 0 Å². The third-order valence-electron chi connectivity index (χ3n) is 4.94. The number of carbonyl (C=O) groups excluding carboxylic acids is 1. The summed E-state index contributed by atoms with van der Waals surface area (Å²) in [5, 5.41) is 6.11. The average Bonchev–Trinajstić information content (AvgIpc) is 3.20. The summed E-state index contributed by atoms with van der Waals surface area (Å²) in [5.41, 5.74) is 2.00. The van der Waals surface area contributed by atoms with Crippen LogP contribution in [0.15, 0.2) is 46.2 Å². The molecule has 0 aliphatic carbocycles. The maximum absolute atomic E-state index is 13.1. The predicted molar refractivity (Wildman–Crippen MR) is 113 cm³/mol. The quantitative estimate of drug-likeness (QED) is 0.694. The molecule has 0 aromatic heterocycles. The molecule has 1 saturated heterocycles. The largest absolute Gasteiger partial charge is 0.376 e. The summed E-state index contributed by atoms with van der Waals surface area (Å²) < 4.78 is 31.6. The Morgan fingerprint density at radius 3 is 2.59 bits per heavy atom.